The lowest BCUT2D eigenvalue weighted by Gasteiger charge is -2.08. The predicted octanol–water partition coefficient (Wildman–Crippen LogP) is 3.44. The lowest BCUT2D eigenvalue weighted by atomic mass is 10.1. The highest BCUT2D eigenvalue weighted by molar-refractivity contribution is 5.89. The molecule has 0 aliphatic rings. The Morgan fingerprint density at radius 1 is 1.22 bits per heavy atom. The average Bonchev–Trinajstić information content (AvgIpc) is 2.95. The second-order valence-electron chi connectivity index (χ2n) is 5.17. The third-order valence-corrected chi connectivity index (χ3v) is 3.65. The third-order valence-electron chi connectivity index (χ3n) is 3.65. The standard InChI is InChI=1S/C17H14N2O4/c1-18-10-14(19(21)22)9-16(18)17(20)23-11-13-7-4-6-12-5-2-3-8-15(12)13/h2-10H,11H2,1H3. The molecular weight excluding hydrogens is 296 g/mol. The van der Waals surface area contributed by atoms with Crippen molar-refractivity contribution >= 4 is 22.4 Å². The Morgan fingerprint density at radius 3 is 2.70 bits per heavy atom. The van der Waals surface area contributed by atoms with E-state index >= 15 is 0 Å². The molecule has 3 aromatic rings. The van der Waals surface area contributed by atoms with Gasteiger partial charge in [0.2, 0.25) is 0 Å². The summed E-state index contributed by atoms with van der Waals surface area (Å²) in [6.07, 6.45) is 1.29. The molecule has 0 fully saturated rings. The van der Waals surface area contributed by atoms with E-state index in [1.807, 2.05) is 42.5 Å². The molecule has 0 radical (unpaired) electrons. The Kier molecular flexibility index (Phi) is 3.80. The molecule has 0 aliphatic heterocycles. The first-order chi connectivity index (χ1) is 11.1. The summed E-state index contributed by atoms with van der Waals surface area (Å²) in [5, 5.41) is 12.8. The molecule has 23 heavy (non-hydrogen) atoms. The summed E-state index contributed by atoms with van der Waals surface area (Å²) in [6, 6.07) is 14.8. The van der Waals surface area contributed by atoms with Gasteiger partial charge in [-0.05, 0) is 16.3 Å². The van der Waals surface area contributed by atoms with Gasteiger partial charge in [0.05, 0.1) is 11.1 Å². The number of hydrogen-bond donors (Lipinski definition) is 0. The van der Waals surface area contributed by atoms with Gasteiger partial charge in [0, 0.05) is 13.1 Å². The maximum Gasteiger partial charge on any atom is 0.355 e. The molecule has 0 bridgehead atoms. The van der Waals surface area contributed by atoms with Gasteiger partial charge in [-0.25, -0.2) is 4.79 Å². The number of carbonyl (C=O) groups excluding carboxylic acids is 1. The van der Waals surface area contributed by atoms with E-state index in [4.69, 9.17) is 4.74 Å². The molecule has 6 nitrogen and oxygen atoms in total. The van der Waals surface area contributed by atoms with Crippen LogP contribution in [0.3, 0.4) is 0 Å². The summed E-state index contributed by atoms with van der Waals surface area (Å²) >= 11 is 0. The van der Waals surface area contributed by atoms with Crippen molar-refractivity contribution in [1.29, 1.82) is 0 Å². The summed E-state index contributed by atoms with van der Waals surface area (Å²) in [4.78, 5) is 22.4. The Hall–Kier alpha value is -3.15. The smallest absolute Gasteiger partial charge is 0.355 e. The highest BCUT2D eigenvalue weighted by Crippen LogP contribution is 2.20. The number of carbonyl (C=O) groups is 1. The molecular formula is C17H14N2O4. The van der Waals surface area contributed by atoms with E-state index in [1.54, 1.807) is 7.05 Å². The number of nitrogens with zero attached hydrogens (tertiary/aromatic N) is 2. The van der Waals surface area contributed by atoms with E-state index in [9.17, 15) is 14.9 Å². The highest BCUT2D eigenvalue weighted by Gasteiger charge is 2.18. The van der Waals surface area contributed by atoms with Gasteiger partial charge >= 0.3 is 5.97 Å². The van der Waals surface area contributed by atoms with E-state index in [-0.39, 0.29) is 18.0 Å². The molecule has 2 aromatic carbocycles. The molecule has 0 atom stereocenters. The van der Waals surface area contributed by atoms with Crippen LogP contribution >= 0.6 is 0 Å². The summed E-state index contributed by atoms with van der Waals surface area (Å²) in [5.41, 5.74) is 0.904. The molecule has 0 unspecified atom stereocenters. The van der Waals surface area contributed by atoms with Crippen LogP contribution in [0.4, 0.5) is 5.69 Å². The Bertz CT molecular complexity index is 893. The summed E-state index contributed by atoms with van der Waals surface area (Å²) < 4.78 is 6.71. The lowest BCUT2D eigenvalue weighted by Crippen LogP contribution is -2.09. The second kappa shape index (κ2) is 5.92. The maximum absolute atomic E-state index is 12.1. The number of aryl methyl sites for hydroxylation is 1. The van der Waals surface area contributed by atoms with Crippen LogP contribution < -0.4 is 0 Å². The van der Waals surface area contributed by atoms with E-state index in [2.05, 4.69) is 0 Å². The van der Waals surface area contributed by atoms with Crippen LogP contribution in [0.1, 0.15) is 16.1 Å². The molecule has 0 saturated heterocycles. The largest absolute Gasteiger partial charge is 0.456 e. The van der Waals surface area contributed by atoms with Gasteiger partial charge in [-0.1, -0.05) is 42.5 Å². The SMILES string of the molecule is Cn1cc([N+](=O)[O-])cc1C(=O)OCc1cccc2ccccc12. The van der Waals surface area contributed by atoms with Crippen LogP contribution in [0.25, 0.3) is 10.8 Å². The van der Waals surface area contributed by atoms with Crippen LogP contribution in [0.15, 0.2) is 54.7 Å². The van der Waals surface area contributed by atoms with E-state index in [0.717, 1.165) is 16.3 Å². The van der Waals surface area contributed by atoms with E-state index in [0.29, 0.717) is 0 Å². The van der Waals surface area contributed by atoms with Crippen molar-refractivity contribution in [2.24, 2.45) is 7.05 Å². The first-order valence-corrected chi connectivity index (χ1v) is 7.01. The number of rotatable bonds is 4. The zero-order chi connectivity index (χ0) is 16.4. The van der Waals surface area contributed by atoms with Crippen molar-refractivity contribution in [1.82, 2.24) is 4.57 Å². The van der Waals surface area contributed by atoms with Crippen molar-refractivity contribution in [3.63, 3.8) is 0 Å². The molecule has 0 spiro atoms. The topological polar surface area (TPSA) is 74.4 Å². The van der Waals surface area contributed by atoms with Gasteiger partial charge in [0.1, 0.15) is 12.3 Å². The second-order valence-corrected chi connectivity index (χ2v) is 5.17. The van der Waals surface area contributed by atoms with Crippen LogP contribution in [-0.4, -0.2) is 15.5 Å². The highest BCUT2D eigenvalue weighted by atomic mass is 16.6. The number of aromatic nitrogens is 1. The van der Waals surface area contributed by atoms with Gasteiger partial charge in [-0.3, -0.25) is 10.1 Å². The quantitative estimate of drug-likeness (QED) is 0.420. The molecule has 0 amide bonds. The van der Waals surface area contributed by atoms with Crippen LogP contribution in [0.2, 0.25) is 0 Å². The van der Waals surface area contributed by atoms with Crippen molar-refractivity contribution in [2.45, 2.75) is 6.61 Å². The molecule has 0 saturated carbocycles. The van der Waals surface area contributed by atoms with Gasteiger partial charge in [-0.2, -0.15) is 0 Å². The van der Waals surface area contributed by atoms with E-state index in [1.165, 1.54) is 16.8 Å². The number of esters is 1. The fraction of sp³-hybridized carbons (Fsp3) is 0.118. The Balaban J connectivity index is 1.80. The van der Waals surface area contributed by atoms with Crippen LogP contribution in [0.5, 0.6) is 0 Å². The Morgan fingerprint density at radius 2 is 1.96 bits per heavy atom. The zero-order valence-electron chi connectivity index (χ0n) is 12.4. The van der Waals surface area contributed by atoms with Crippen LogP contribution in [-0.2, 0) is 18.4 Å². The van der Waals surface area contributed by atoms with Crippen molar-refractivity contribution < 1.29 is 14.5 Å². The van der Waals surface area contributed by atoms with Crippen molar-refractivity contribution in [3.05, 3.63) is 76.1 Å². The average molecular weight is 310 g/mol. The van der Waals surface area contributed by atoms with Crippen molar-refractivity contribution in [2.75, 3.05) is 0 Å². The minimum atomic E-state index is -0.589. The molecule has 1 aromatic heterocycles. The molecule has 6 heteroatoms. The molecule has 3 rings (SSSR count). The van der Waals surface area contributed by atoms with Gasteiger partial charge in [0.25, 0.3) is 5.69 Å². The summed E-state index contributed by atoms with van der Waals surface area (Å²) in [6.45, 7) is 0.110. The summed E-state index contributed by atoms with van der Waals surface area (Å²) in [7, 11) is 1.57. The first-order valence-electron chi connectivity index (χ1n) is 7.01. The fourth-order valence-electron chi connectivity index (χ4n) is 2.49. The molecule has 1 heterocycles. The van der Waals surface area contributed by atoms with Gasteiger partial charge < -0.3 is 9.30 Å². The minimum absolute atomic E-state index is 0.110. The number of nitro groups is 1. The van der Waals surface area contributed by atoms with E-state index < -0.39 is 10.9 Å². The first kappa shape index (κ1) is 14.8. The zero-order valence-corrected chi connectivity index (χ0v) is 12.4. The summed E-state index contributed by atoms with van der Waals surface area (Å²) in [5.74, 6) is -0.589. The normalized spacial score (nSPS) is 10.7. The van der Waals surface area contributed by atoms with Gasteiger partial charge in [0.15, 0.2) is 0 Å². The maximum atomic E-state index is 12.1. The number of ether oxygens (including phenoxy) is 1. The number of fused-ring (bicyclic) bond motifs is 1. The third kappa shape index (κ3) is 2.91. The minimum Gasteiger partial charge on any atom is -0.456 e. The molecule has 0 aliphatic carbocycles. The predicted molar refractivity (Wildman–Crippen MR) is 85.1 cm³/mol. The molecule has 116 valence electrons. The van der Waals surface area contributed by atoms with Crippen molar-refractivity contribution in [3.8, 4) is 0 Å². The van der Waals surface area contributed by atoms with Crippen LogP contribution in [0, 0.1) is 10.1 Å². The number of benzene rings is 2. The lowest BCUT2D eigenvalue weighted by molar-refractivity contribution is -0.384. The van der Waals surface area contributed by atoms with Gasteiger partial charge in [-0.15, -0.1) is 0 Å². The fourth-order valence-corrected chi connectivity index (χ4v) is 2.49. The number of hydrogen-bond acceptors (Lipinski definition) is 4. The molecule has 0 N–H and O–H groups in total. The monoisotopic (exact) mass is 310 g/mol. The Labute approximate surface area is 132 Å².